The van der Waals surface area contributed by atoms with E-state index in [1.54, 1.807) is 23.4 Å². The summed E-state index contributed by atoms with van der Waals surface area (Å²) in [5.74, 6) is 1.06. The van der Waals surface area contributed by atoms with E-state index in [4.69, 9.17) is 5.73 Å². The first-order valence-electron chi connectivity index (χ1n) is 11.2. The Morgan fingerprint density at radius 1 is 0.914 bits per heavy atom. The molecule has 0 atom stereocenters. The number of aromatic nitrogens is 6. The SMILES string of the molecule is CN(C)CCNc1ccc(Nc2cc(Nc3ccccc3)c3ncc(N)n3n2)cc1-n1cnnc1. The van der Waals surface area contributed by atoms with Crippen molar-refractivity contribution in [3.8, 4) is 5.69 Å². The summed E-state index contributed by atoms with van der Waals surface area (Å²) in [6.45, 7) is 1.72. The maximum atomic E-state index is 6.13. The maximum absolute atomic E-state index is 6.13. The summed E-state index contributed by atoms with van der Waals surface area (Å²) < 4.78 is 3.49. The highest BCUT2D eigenvalue weighted by Gasteiger charge is 2.12. The highest BCUT2D eigenvalue weighted by molar-refractivity contribution is 5.78. The van der Waals surface area contributed by atoms with Gasteiger partial charge in [0.15, 0.2) is 11.5 Å². The number of para-hydroxylation sites is 1. The van der Waals surface area contributed by atoms with Crippen LogP contribution in [-0.2, 0) is 0 Å². The van der Waals surface area contributed by atoms with Crippen LogP contribution in [0.3, 0.4) is 0 Å². The number of nitrogens with zero attached hydrogens (tertiary/aromatic N) is 7. The van der Waals surface area contributed by atoms with Crippen LogP contribution in [0.5, 0.6) is 0 Å². The van der Waals surface area contributed by atoms with Gasteiger partial charge in [-0.2, -0.15) is 4.52 Å². The molecule has 0 saturated carbocycles. The molecule has 11 heteroatoms. The summed E-state index contributed by atoms with van der Waals surface area (Å²) in [5.41, 5.74) is 11.2. The molecule has 0 radical (unpaired) electrons. The first kappa shape index (κ1) is 22.2. The average Bonchev–Trinajstić information content (AvgIpc) is 3.51. The second-order valence-corrected chi connectivity index (χ2v) is 8.31. The molecular formula is C24H27N11. The van der Waals surface area contributed by atoms with Crippen molar-refractivity contribution in [2.45, 2.75) is 0 Å². The maximum Gasteiger partial charge on any atom is 0.179 e. The number of imidazole rings is 1. The van der Waals surface area contributed by atoms with Crippen LogP contribution in [0.15, 0.2) is 73.4 Å². The Hall–Kier alpha value is -4.64. The molecular weight excluding hydrogens is 442 g/mol. The van der Waals surface area contributed by atoms with Gasteiger partial charge in [0.25, 0.3) is 0 Å². The van der Waals surface area contributed by atoms with E-state index in [1.807, 2.05) is 73.3 Å². The first-order valence-corrected chi connectivity index (χ1v) is 11.2. The highest BCUT2D eigenvalue weighted by Crippen LogP contribution is 2.29. The monoisotopic (exact) mass is 469 g/mol. The van der Waals surface area contributed by atoms with E-state index < -0.39 is 0 Å². The molecule has 0 saturated heterocycles. The van der Waals surface area contributed by atoms with Gasteiger partial charge in [0.05, 0.1) is 23.3 Å². The molecule has 0 bridgehead atoms. The van der Waals surface area contributed by atoms with Crippen molar-refractivity contribution >= 4 is 40.0 Å². The van der Waals surface area contributed by atoms with Gasteiger partial charge in [0.1, 0.15) is 18.5 Å². The predicted octanol–water partition coefficient (Wildman–Crippen LogP) is 3.35. The quantitative estimate of drug-likeness (QED) is 0.257. The van der Waals surface area contributed by atoms with E-state index in [1.165, 1.54) is 0 Å². The second kappa shape index (κ2) is 9.69. The lowest BCUT2D eigenvalue weighted by atomic mass is 10.2. The van der Waals surface area contributed by atoms with Crippen LogP contribution >= 0.6 is 0 Å². The molecule has 0 aliphatic rings. The van der Waals surface area contributed by atoms with Crippen LogP contribution in [0.1, 0.15) is 0 Å². The number of anilines is 6. The highest BCUT2D eigenvalue weighted by atomic mass is 15.3. The normalized spacial score (nSPS) is 11.2. The smallest absolute Gasteiger partial charge is 0.179 e. The Kier molecular flexibility index (Phi) is 6.14. The number of nitrogens with one attached hydrogen (secondary N) is 3. The first-order chi connectivity index (χ1) is 17.1. The average molecular weight is 470 g/mol. The summed E-state index contributed by atoms with van der Waals surface area (Å²) in [7, 11) is 4.10. The Balaban J connectivity index is 1.47. The number of likely N-dealkylation sites (N-methyl/N-ethyl adjacent to an activating group) is 1. The van der Waals surface area contributed by atoms with E-state index in [-0.39, 0.29) is 0 Å². The van der Waals surface area contributed by atoms with Crippen molar-refractivity contribution in [3.05, 3.63) is 73.4 Å². The molecule has 0 amide bonds. The molecule has 0 spiro atoms. The molecule has 0 aliphatic heterocycles. The van der Waals surface area contributed by atoms with Crippen LogP contribution in [0.4, 0.5) is 34.4 Å². The molecule has 0 unspecified atom stereocenters. The van der Waals surface area contributed by atoms with Crippen LogP contribution in [0.25, 0.3) is 11.3 Å². The van der Waals surface area contributed by atoms with Crippen LogP contribution < -0.4 is 21.7 Å². The summed E-state index contributed by atoms with van der Waals surface area (Å²) in [5, 5.41) is 22.9. The fraction of sp³-hybridized carbons (Fsp3) is 0.167. The Morgan fingerprint density at radius 3 is 2.49 bits per heavy atom. The molecule has 178 valence electrons. The van der Waals surface area contributed by atoms with E-state index in [0.717, 1.165) is 41.5 Å². The zero-order chi connectivity index (χ0) is 24.2. The van der Waals surface area contributed by atoms with Gasteiger partial charge in [-0.05, 0) is 44.4 Å². The number of benzene rings is 2. The number of hydrogen-bond donors (Lipinski definition) is 4. The summed E-state index contributed by atoms with van der Waals surface area (Å²) in [6, 6.07) is 17.9. The van der Waals surface area contributed by atoms with Crippen molar-refractivity contribution in [2.24, 2.45) is 0 Å². The van der Waals surface area contributed by atoms with Gasteiger partial charge in [-0.25, -0.2) is 4.98 Å². The molecule has 5 aromatic rings. The number of nitrogen functional groups attached to an aromatic ring is 1. The van der Waals surface area contributed by atoms with Crippen LogP contribution in [-0.4, -0.2) is 61.4 Å². The third kappa shape index (κ3) is 4.99. The lowest BCUT2D eigenvalue weighted by Gasteiger charge is -2.17. The minimum Gasteiger partial charge on any atom is -0.382 e. The fourth-order valence-electron chi connectivity index (χ4n) is 3.68. The molecule has 0 aliphatic carbocycles. The molecule has 5 N–H and O–H groups in total. The minimum absolute atomic E-state index is 0.449. The fourth-order valence-corrected chi connectivity index (χ4v) is 3.68. The molecule has 2 aromatic carbocycles. The molecule has 3 aromatic heterocycles. The third-order valence-corrected chi connectivity index (χ3v) is 5.39. The topological polar surface area (TPSA) is 126 Å². The van der Waals surface area contributed by atoms with E-state index in [9.17, 15) is 0 Å². The lowest BCUT2D eigenvalue weighted by Crippen LogP contribution is -2.21. The molecule has 11 nitrogen and oxygen atoms in total. The van der Waals surface area contributed by atoms with Crippen LogP contribution in [0, 0.1) is 0 Å². The molecule has 0 fully saturated rings. The number of nitrogens with two attached hydrogens (primary N) is 1. The van der Waals surface area contributed by atoms with E-state index >= 15 is 0 Å². The van der Waals surface area contributed by atoms with E-state index in [0.29, 0.717) is 17.3 Å². The molecule has 3 heterocycles. The minimum atomic E-state index is 0.449. The van der Waals surface area contributed by atoms with Gasteiger partial charge < -0.3 is 26.6 Å². The van der Waals surface area contributed by atoms with Gasteiger partial charge >= 0.3 is 0 Å². The number of hydrogen-bond acceptors (Lipinski definition) is 9. The standard InChI is InChI=1S/C24H27N11/c1-33(2)11-10-26-19-9-8-18(12-21(19)34-15-28-29-16-34)31-23-13-20(30-17-6-4-3-5-7-17)24-27-14-22(25)35(24)32-23/h3-9,12-16,26,30H,10-11,25H2,1-2H3,(H,31,32). The number of fused-ring (bicyclic) bond motifs is 1. The van der Waals surface area contributed by atoms with Crippen LogP contribution in [0.2, 0.25) is 0 Å². The third-order valence-electron chi connectivity index (χ3n) is 5.39. The Bertz CT molecular complexity index is 1410. The van der Waals surface area contributed by atoms with Crippen molar-refractivity contribution in [1.82, 2.24) is 34.3 Å². The summed E-state index contributed by atoms with van der Waals surface area (Å²) >= 11 is 0. The summed E-state index contributed by atoms with van der Waals surface area (Å²) in [4.78, 5) is 6.55. The van der Waals surface area contributed by atoms with Gasteiger partial charge in [0.2, 0.25) is 0 Å². The lowest BCUT2D eigenvalue weighted by molar-refractivity contribution is 0.425. The van der Waals surface area contributed by atoms with E-state index in [2.05, 4.69) is 41.1 Å². The summed E-state index contributed by atoms with van der Waals surface area (Å²) in [6.07, 6.45) is 4.95. The van der Waals surface area contributed by atoms with Gasteiger partial charge in [0, 0.05) is 30.5 Å². The van der Waals surface area contributed by atoms with Gasteiger partial charge in [-0.15, -0.1) is 15.3 Å². The zero-order valence-electron chi connectivity index (χ0n) is 19.6. The number of rotatable bonds is 9. The second-order valence-electron chi connectivity index (χ2n) is 8.31. The van der Waals surface area contributed by atoms with Crippen molar-refractivity contribution < 1.29 is 0 Å². The van der Waals surface area contributed by atoms with Gasteiger partial charge in [-0.1, -0.05) is 18.2 Å². The zero-order valence-corrected chi connectivity index (χ0v) is 19.6. The largest absolute Gasteiger partial charge is 0.382 e. The molecule has 35 heavy (non-hydrogen) atoms. The molecule has 5 rings (SSSR count). The van der Waals surface area contributed by atoms with Crippen molar-refractivity contribution in [1.29, 1.82) is 0 Å². The van der Waals surface area contributed by atoms with Crippen molar-refractivity contribution in [2.75, 3.05) is 48.9 Å². The van der Waals surface area contributed by atoms with Crippen molar-refractivity contribution in [3.63, 3.8) is 0 Å². The van der Waals surface area contributed by atoms with Gasteiger partial charge in [-0.3, -0.25) is 4.57 Å². The predicted molar refractivity (Wildman–Crippen MR) is 139 cm³/mol. The Labute approximate surface area is 202 Å². The Morgan fingerprint density at radius 2 is 1.71 bits per heavy atom.